The lowest BCUT2D eigenvalue weighted by Crippen LogP contribution is -2.42. The van der Waals surface area contributed by atoms with Gasteiger partial charge in [-0.15, -0.1) is 0 Å². The van der Waals surface area contributed by atoms with Crippen molar-refractivity contribution in [2.45, 2.75) is 91.9 Å². The van der Waals surface area contributed by atoms with Crippen LogP contribution in [0.4, 0.5) is 0 Å². The second-order valence-electron chi connectivity index (χ2n) is 8.21. The molecule has 2 aliphatic rings. The largest absolute Gasteiger partial charge is 0.373 e. The van der Waals surface area contributed by atoms with Gasteiger partial charge in [0.1, 0.15) is 0 Å². The molecule has 1 N–H and O–H groups in total. The molecule has 4 unspecified atom stereocenters. The number of rotatable bonds is 7. The van der Waals surface area contributed by atoms with E-state index in [1.54, 1.807) is 0 Å². The molecule has 2 fully saturated rings. The number of ether oxygens (including phenoxy) is 1. The van der Waals surface area contributed by atoms with Crippen molar-refractivity contribution in [3.63, 3.8) is 0 Å². The minimum Gasteiger partial charge on any atom is -0.373 e. The molecule has 4 atom stereocenters. The average molecular weight is 281 g/mol. The topological polar surface area (TPSA) is 21.3 Å². The summed E-state index contributed by atoms with van der Waals surface area (Å²) in [5, 5.41) is 3.56. The normalized spacial score (nSPS) is 36.8. The molecule has 0 spiro atoms. The van der Waals surface area contributed by atoms with Crippen LogP contribution in [0.3, 0.4) is 0 Å². The van der Waals surface area contributed by atoms with Gasteiger partial charge in [0, 0.05) is 12.6 Å². The SMILES string of the molecule is CCCC(CNC(C)C)OC1CC2CCC1(C)C2(C)C. The third-order valence-corrected chi connectivity index (χ3v) is 6.44. The van der Waals surface area contributed by atoms with Crippen molar-refractivity contribution in [1.29, 1.82) is 0 Å². The first-order chi connectivity index (χ1) is 9.31. The van der Waals surface area contributed by atoms with Crippen LogP contribution in [0.1, 0.15) is 73.6 Å². The lowest BCUT2D eigenvalue weighted by Gasteiger charge is -2.40. The summed E-state index contributed by atoms with van der Waals surface area (Å²) < 4.78 is 6.61. The highest BCUT2D eigenvalue weighted by atomic mass is 16.5. The lowest BCUT2D eigenvalue weighted by molar-refractivity contribution is -0.0881. The molecule has 2 heteroatoms. The maximum Gasteiger partial charge on any atom is 0.0703 e. The predicted molar refractivity (Wildman–Crippen MR) is 85.9 cm³/mol. The molecule has 0 aliphatic heterocycles. The molecule has 2 nitrogen and oxygen atoms in total. The minimum atomic E-state index is 0.388. The van der Waals surface area contributed by atoms with E-state index in [0.717, 1.165) is 12.5 Å². The van der Waals surface area contributed by atoms with Gasteiger partial charge >= 0.3 is 0 Å². The summed E-state index contributed by atoms with van der Waals surface area (Å²) in [7, 11) is 0. The average Bonchev–Trinajstić information content (AvgIpc) is 2.69. The van der Waals surface area contributed by atoms with Gasteiger partial charge < -0.3 is 10.1 Å². The Morgan fingerprint density at radius 1 is 1.25 bits per heavy atom. The Kier molecular flexibility index (Phi) is 4.86. The summed E-state index contributed by atoms with van der Waals surface area (Å²) in [6.45, 7) is 15.1. The molecule has 2 aliphatic carbocycles. The molecule has 2 rings (SSSR count). The lowest BCUT2D eigenvalue weighted by atomic mass is 9.70. The zero-order valence-corrected chi connectivity index (χ0v) is 14.5. The van der Waals surface area contributed by atoms with E-state index in [1.165, 1.54) is 32.1 Å². The molecular formula is C18H35NO. The maximum atomic E-state index is 6.61. The van der Waals surface area contributed by atoms with Gasteiger partial charge in [-0.25, -0.2) is 0 Å². The van der Waals surface area contributed by atoms with E-state index < -0.39 is 0 Å². The zero-order chi connectivity index (χ0) is 15.0. The molecule has 118 valence electrons. The van der Waals surface area contributed by atoms with Crippen LogP contribution in [-0.4, -0.2) is 24.8 Å². The highest BCUT2D eigenvalue weighted by molar-refractivity contribution is 5.11. The van der Waals surface area contributed by atoms with Crippen LogP contribution < -0.4 is 5.32 Å². The van der Waals surface area contributed by atoms with Gasteiger partial charge in [0.15, 0.2) is 0 Å². The van der Waals surface area contributed by atoms with Gasteiger partial charge in [0.2, 0.25) is 0 Å². The molecule has 0 aromatic heterocycles. The van der Waals surface area contributed by atoms with E-state index in [1.807, 2.05) is 0 Å². The third kappa shape index (κ3) is 2.78. The molecule has 0 radical (unpaired) electrons. The van der Waals surface area contributed by atoms with E-state index in [-0.39, 0.29) is 0 Å². The van der Waals surface area contributed by atoms with Gasteiger partial charge in [0.25, 0.3) is 0 Å². The standard InChI is InChI=1S/C18H35NO/c1-7-8-15(12-19-13(2)3)20-16-11-14-9-10-18(16,6)17(14,4)5/h13-16,19H,7-12H2,1-6H3. The van der Waals surface area contributed by atoms with E-state index in [4.69, 9.17) is 4.74 Å². The summed E-state index contributed by atoms with van der Waals surface area (Å²) in [6.07, 6.45) is 7.29. The quantitative estimate of drug-likeness (QED) is 0.747. The Labute approximate surface area is 126 Å². The Morgan fingerprint density at radius 2 is 1.95 bits per heavy atom. The molecule has 0 saturated heterocycles. The van der Waals surface area contributed by atoms with E-state index in [2.05, 4.69) is 46.9 Å². The molecule has 20 heavy (non-hydrogen) atoms. The molecule has 0 aromatic carbocycles. The molecular weight excluding hydrogens is 246 g/mol. The molecule has 0 amide bonds. The molecule has 2 saturated carbocycles. The second-order valence-corrected chi connectivity index (χ2v) is 8.21. The smallest absolute Gasteiger partial charge is 0.0703 e. The first kappa shape index (κ1) is 16.3. The van der Waals surface area contributed by atoms with Crippen molar-refractivity contribution < 1.29 is 4.74 Å². The van der Waals surface area contributed by atoms with Crippen molar-refractivity contribution in [1.82, 2.24) is 5.32 Å². The monoisotopic (exact) mass is 281 g/mol. The maximum absolute atomic E-state index is 6.61. The fourth-order valence-corrected chi connectivity index (χ4v) is 4.48. The summed E-state index contributed by atoms with van der Waals surface area (Å²) in [6, 6.07) is 0.546. The third-order valence-electron chi connectivity index (χ3n) is 6.44. The van der Waals surface area contributed by atoms with E-state index in [9.17, 15) is 0 Å². The van der Waals surface area contributed by atoms with Crippen LogP contribution in [0, 0.1) is 16.7 Å². The number of nitrogens with one attached hydrogen (secondary N) is 1. The van der Waals surface area contributed by atoms with Crippen LogP contribution in [0.15, 0.2) is 0 Å². The van der Waals surface area contributed by atoms with Crippen LogP contribution in [0.25, 0.3) is 0 Å². The summed E-state index contributed by atoms with van der Waals surface area (Å²) in [4.78, 5) is 0. The Balaban J connectivity index is 1.98. The molecule has 0 heterocycles. The second kappa shape index (κ2) is 5.96. The van der Waals surface area contributed by atoms with Gasteiger partial charge in [-0.1, -0.05) is 48.0 Å². The van der Waals surface area contributed by atoms with Crippen molar-refractivity contribution in [2.75, 3.05) is 6.54 Å². The Hall–Kier alpha value is -0.0800. The van der Waals surface area contributed by atoms with Gasteiger partial charge in [-0.05, 0) is 42.4 Å². The summed E-state index contributed by atoms with van der Waals surface area (Å²) in [5.41, 5.74) is 0.849. The van der Waals surface area contributed by atoms with Crippen LogP contribution in [0.2, 0.25) is 0 Å². The van der Waals surface area contributed by atoms with Crippen molar-refractivity contribution in [2.24, 2.45) is 16.7 Å². The summed E-state index contributed by atoms with van der Waals surface area (Å²) in [5.74, 6) is 0.873. The number of fused-ring (bicyclic) bond motifs is 2. The number of hydrogen-bond donors (Lipinski definition) is 1. The fourth-order valence-electron chi connectivity index (χ4n) is 4.48. The highest BCUT2D eigenvalue weighted by Crippen LogP contribution is 2.66. The van der Waals surface area contributed by atoms with Crippen molar-refractivity contribution in [3.05, 3.63) is 0 Å². The summed E-state index contributed by atoms with van der Waals surface area (Å²) >= 11 is 0. The van der Waals surface area contributed by atoms with Crippen LogP contribution in [-0.2, 0) is 4.74 Å². The number of hydrogen-bond acceptors (Lipinski definition) is 2. The van der Waals surface area contributed by atoms with Crippen molar-refractivity contribution in [3.8, 4) is 0 Å². The minimum absolute atomic E-state index is 0.388. The van der Waals surface area contributed by atoms with Gasteiger partial charge in [0.05, 0.1) is 12.2 Å². The van der Waals surface area contributed by atoms with Gasteiger partial charge in [-0.3, -0.25) is 0 Å². The Morgan fingerprint density at radius 3 is 2.40 bits per heavy atom. The zero-order valence-electron chi connectivity index (χ0n) is 14.5. The molecule has 0 aromatic rings. The van der Waals surface area contributed by atoms with Crippen LogP contribution in [0.5, 0.6) is 0 Å². The fraction of sp³-hybridized carbons (Fsp3) is 1.00. The van der Waals surface area contributed by atoms with Crippen LogP contribution >= 0.6 is 0 Å². The Bertz CT molecular complexity index is 325. The highest BCUT2D eigenvalue weighted by Gasteiger charge is 2.62. The van der Waals surface area contributed by atoms with E-state index in [0.29, 0.717) is 29.1 Å². The molecule has 2 bridgehead atoms. The first-order valence-electron chi connectivity index (χ1n) is 8.70. The van der Waals surface area contributed by atoms with Gasteiger partial charge in [-0.2, -0.15) is 0 Å². The van der Waals surface area contributed by atoms with Crippen molar-refractivity contribution >= 4 is 0 Å². The predicted octanol–water partition coefficient (Wildman–Crippen LogP) is 4.38. The van der Waals surface area contributed by atoms with E-state index >= 15 is 0 Å². The first-order valence-corrected chi connectivity index (χ1v) is 8.70.